The molecule has 0 unspecified atom stereocenters. The predicted octanol–water partition coefficient (Wildman–Crippen LogP) is 4.16. The van der Waals surface area contributed by atoms with Gasteiger partial charge in [0.2, 0.25) is 5.95 Å². The van der Waals surface area contributed by atoms with Crippen LogP contribution < -0.4 is 5.43 Å². The Morgan fingerprint density at radius 3 is 2.69 bits per heavy atom. The molecular weight excluding hydrogens is 348 g/mol. The number of benzene rings is 1. The number of fused-ring (bicyclic) bond motifs is 1. The molecular formula is C18H16N6OS. The largest absolute Gasteiger partial charge is 0.448 e. The summed E-state index contributed by atoms with van der Waals surface area (Å²) in [5.74, 6) is 1.09. The van der Waals surface area contributed by atoms with Crippen molar-refractivity contribution in [3.8, 4) is 0 Å². The maximum atomic E-state index is 5.74. The molecule has 0 saturated heterocycles. The topological polar surface area (TPSA) is 92.0 Å². The van der Waals surface area contributed by atoms with Crippen LogP contribution in [0.25, 0.3) is 11.0 Å². The Kier molecular flexibility index (Phi) is 4.40. The van der Waals surface area contributed by atoms with Crippen LogP contribution in [0.1, 0.15) is 17.1 Å². The second-order valence-corrected chi connectivity index (χ2v) is 6.66. The second kappa shape index (κ2) is 7.01. The molecule has 0 spiro atoms. The Labute approximate surface area is 154 Å². The van der Waals surface area contributed by atoms with Gasteiger partial charge in [-0.05, 0) is 55.9 Å². The Morgan fingerprint density at radius 2 is 1.88 bits per heavy atom. The summed E-state index contributed by atoms with van der Waals surface area (Å²) in [7, 11) is 0. The normalized spacial score (nSPS) is 11.5. The highest BCUT2D eigenvalue weighted by molar-refractivity contribution is 7.99. The van der Waals surface area contributed by atoms with Gasteiger partial charge in [-0.25, -0.2) is 20.4 Å². The van der Waals surface area contributed by atoms with Gasteiger partial charge in [0.15, 0.2) is 10.2 Å². The van der Waals surface area contributed by atoms with Crippen molar-refractivity contribution in [2.75, 3.05) is 5.43 Å². The fourth-order valence-corrected chi connectivity index (χ4v) is 3.23. The van der Waals surface area contributed by atoms with Gasteiger partial charge in [0.05, 0.1) is 17.2 Å². The van der Waals surface area contributed by atoms with Crippen molar-refractivity contribution in [1.29, 1.82) is 0 Å². The van der Waals surface area contributed by atoms with E-state index in [2.05, 4.69) is 30.5 Å². The average molecular weight is 364 g/mol. The number of rotatable bonds is 5. The Morgan fingerprint density at radius 1 is 1.08 bits per heavy atom. The fraction of sp³-hybridized carbons (Fsp3) is 0.111. The molecule has 26 heavy (non-hydrogen) atoms. The Bertz CT molecular complexity index is 1030. The molecule has 0 bridgehead atoms. The lowest BCUT2D eigenvalue weighted by Gasteiger charge is -2.00. The van der Waals surface area contributed by atoms with Crippen LogP contribution >= 0.6 is 11.8 Å². The van der Waals surface area contributed by atoms with Crippen LogP contribution in [-0.2, 0) is 0 Å². The first-order chi connectivity index (χ1) is 12.7. The minimum atomic E-state index is 0.460. The maximum Gasteiger partial charge on any atom is 0.243 e. The number of anilines is 1. The van der Waals surface area contributed by atoms with Crippen molar-refractivity contribution < 1.29 is 4.42 Å². The number of H-pyrrole nitrogens is 1. The lowest BCUT2D eigenvalue weighted by atomic mass is 10.3. The summed E-state index contributed by atoms with van der Waals surface area (Å²) in [6.07, 6.45) is 1.59. The molecule has 4 aromatic rings. The summed E-state index contributed by atoms with van der Waals surface area (Å²) in [6, 6.07) is 13.5. The van der Waals surface area contributed by atoms with E-state index in [9.17, 15) is 0 Å². The molecule has 0 radical (unpaired) electrons. The fourth-order valence-electron chi connectivity index (χ4n) is 2.46. The van der Waals surface area contributed by atoms with Gasteiger partial charge >= 0.3 is 0 Å². The SMILES string of the molecule is Cc1cc(C)nc(NN=Cc2ccc(Sc3nc4ccccc4[nH]3)o2)n1. The van der Waals surface area contributed by atoms with Crippen molar-refractivity contribution >= 4 is 35.0 Å². The number of aromatic nitrogens is 4. The van der Waals surface area contributed by atoms with E-state index < -0.39 is 0 Å². The summed E-state index contributed by atoms with van der Waals surface area (Å²) in [5, 5.41) is 5.64. The van der Waals surface area contributed by atoms with Crippen molar-refractivity contribution in [1.82, 2.24) is 19.9 Å². The van der Waals surface area contributed by atoms with E-state index >= 15 is 0 Å². The summed E-state index contributed by atoms with van der Waals surface area (Å²) < 4.78 is 5.74. The number of furan rings is 1. The number of hydrogen-bond acceptors (Lipinski definition) is 7. The molecule has 0 aliphatic heterocycles. The van der Waals surface area contributed by atoms with Crippen molar-refractivity contribution in [2.45, 2.75) is 24.1 Å². The minimum absolute atomic E-state index is 0.460. The zero-order valence-corrected chi connectivity index (χ0v) is 15.0. The van der Waals surface area contributed by atoms with Crippen molar-refractivity contribution in [3.05, 3.63) is 59.6 Å². The highest BCUT2D eigenvalue weighted by atomic mass is 32.2. The average Bonchev–Trinajstić information content (AvgIpc) is 3.20. The van der Waals surface area contributed by atoms with Crippen LogP contribution in [0.3, 0.4) is 0 Å². The first-order valence-corrected chi connectivity index (χ1v) is 8.81. The number of hydrogen-bond donors (Lipinski definition) is 2. The van der Waals surface area contributed by atoms with E-state index in [0.717, 1.165) is 32.7 Å². The van der Waals surface area contributed by atoms with Crippen LogP contribution in [0.5, 0.6) is 0 Å². The van der Waals surface area contributed by atoms with Gasteiger partial charge in [-0.15, -0.1) is 0 Å². The third-order valence-electron chi connectivity index (χ3n) is 3.51. The number of para-hydroxylation sites is 2. The van der Waals surface area contributed by atoms with Gasteiger partial charge in [0.25, 0.3) is 0 Å². The molecule has 0 aliphatic rings. The summed E-state index contributed by atoms with van der Waals surface area (Å²) in [4.78, 5) is 16.3. The standard InChI is InChI=1S/C18H16N6OS/c1-11-9-12(2)21-17(20-11)24-19-10-13-7-8-16(25-13)26-18-22-14-5-3-4-6-15(14)23-18/h3-10H,1-2H3,(H,22,23)(H,20,21,24). The molecule has 0 fully saturated rings. The number of nitrogens with zero attached hydrogens (tertiary/aromatic N) is 4. The van der Waals surface area contributed by atoms with Crippen LogP contribution in [0.15, 0.2) is 62.2 Å². The summed E-state index contributed by atoms with van der Waals surface area (Å²) in [5.41, 5.74) is 6.52. The van der Waals surface area contributed by atoms with Gasteiger partial charge in [-0.3, -0.25) is 0 Å². The molecule has 130 valence electrons. The minimum Gasteiger partial charge on any atom is -0.448 e. The van der Waals surface area contributed by atoms with Gasteiger partial charge in [0.1, 0.15) is 5.76 Å². The molecule has 2 N–H and O–H groups in total. The van der Waals surface area contributed by atoms with Crippen molar-refractivity contribution in [3.63, 3.8) is 0 Å². The smallest absolute Gasteiger partial charge is 0.243 e. The summed E-state index contributed by atoms with van der Waals surface area (Å²) >= 11 is 1.43. The van der Waals surface area contributed by atoms with E-state index in [1.165, 1.54) is 11.8 Å². The highest BCUT2D eigenvalue weighted by Crippen LogP contribution is 2.28. The maximum absolute atomic E-state index is 5.74. The first kappa shape index (κ1) is 16.3. The zero-order chi connectivity index (χ0) is 17.9. The van der Waals surface area contributed by atoms with Crippen LogP contribution in [0.4, 0.5) is 5.95 Å². The van der Waals surface area contributed by atoms with Gasteiger partial charge < -0.3 is 9.40 Å². The van der Waals surface area contributed by atoms with Gasteiger partial charge in [0, 0.05) is 11.4 Å². The number of imidazole rings is 1. The first-order valence-electron chi connectivity index (χ1n) is 7.99. The van der Waals surface area contributed by atoms with E-state index in [4.69, 9.17) is 4.42 Å². The lowest BCUT2D eigenvalue weighted by molar-refractivity contribution is 0.468. The van der Waals surface area contributed by atoms with E-state index in [1.807, 2.05) is 56.3 Å². The molecule has 1 aromatic carbocycles. The van der Waals surface area contributed by atoms with E-state index in [1.54, 1.807) is 6.21 Å². The Hall–Kier alpha value is -3.13. The zero-order valence-electron chi connectivity index (χ0n) is 14.2. The molecule has 7 nitrogen and oxygen atoms in total. The van der Waals surface area contributed by atoms with Crippen LogP contribution in [0.2, 0.25) is 0 Å². The van der Waals surface area contributed by atoms with Gasteiger partial charge in [-0.2, -0.15) is 5.10 Å². The molecule has 3 aromatic heterocycles. The van der Waals surface area contributed by atoms with E-state index in [-0.39, 0.29) is 0 Å². The number of hydrazone groups is 1. The molecule has 3 heterocycles. The summed E-state index contributed by atoms with van der Waals surface area (Å²) in [6.45, 7) is 3.83. The molecule has 0 saturated carbocycles. The quantitative estimate of drug-likeness (QED) is 0.408. The Balaban J connectivity index is 1.42. The second-order valence-electron chi connectivity index (χ2n) is 5.66. The third kappa shape index (κ3) is 3.75. The van der Waals surface area contributed by atoms with Crippen molar-refractivity contribution in [2.24, 2.45) is 5.10 Å². The van der Waals surface area contributed by atoms with E-state index in [0.29, 0.717) is 11.7 Å². The number of aromatic amines is 1. The van der Waals surface area contributed by atoms with Crippen LogP contribution in [-0.4, -0.2) is 26.2 Å². The number of nitrogens with one attached hydrogen (secondary N) is 2. The third-order valence-corrected chi connectivity index (χ3v) is 4.31. The molecule has 4 rings (SSSR count). The number of aryl methyl sites for hydroxylation is 2. The molecule has 0 atom stereocenters. The van der Waals surface area contributed by atoms with Crippen LogP contribution in [0, 0.1) is 13.8 Å². The predicted molar refractivity (Wildman–Crippen MR) is 102 cm³/mol. The highest BCUT2D eigenvalue weighted by Gasteiger charge is 2.07. The monoisotopic (exact) mass is 364 g/mol. The molecule has 8 heteroatoms. The van der Waals surface area contributed by atoms with Gasteiger partial charge in [-0.1, -0.05) is 12.1 Å². The molecule has 0 amide bonds. The lowest BCUT2D eigenvalue weighted by Crippen LogP contribution is -1.99. The molecule has 0 aliphatic carbocycles.